The molecular formula is C17H12BrFN2OS. The van der Waals surface area contributed by atoms with Gasteiger partial charge in [-0.25, -0.2) is 9.37 Å². The molecule has 1 aromatic carbocycles. The van der Waals surface area contributed by atoms with E-state index in [0.29, 0.717) is 11.1 Å². The van der Waals surface area contributed by atoms with Crippen LogP contribution >= 0.6 is 27.3 Å². The number of aromatic nitrogens is 1. The van der Waals surface area contributed by atoms with Gasteiger partial charge in [0, 0.05) is 5.69 Å². The lowest BCUT2D eigenvalue weighted by atomic mass is 10.2. The first-order valence-corrected chi connectivity index (χ1v) is 8.58. The molecule has 0 N–H and O–H groups in total. The predicted octanol–water partition coefficient (Wildman–Crippen LogP) is 4.89. The van der Waals surface area contributed by atoms with Gasteiger partial charge in [-0.05, 0) is 56.5 Å². The van der Waals surface area contributed by atoms with Crippen molar-refractivity contribution in [2.75, 3.05) is 4.90 Å². The van der Waals surface area contributed by atoms with E-state index in [1.165, 1.54) is 6.07 Å². The molecule has 0 saturated carbocycles. The Balaban J connectivity index is 2.00. The van der Waals surface area contributed by atoms with Crippen LogP contribution in [0.4, 0.5) is 10.1 Å². The predicted molar refractivity (Wildman–Crippen MR) is 93.2 cm³/mol. The normalized spacial score (nSPS) is 10.5. The molecule has 0 fully saturated rings. The van der Waals surface area contributed by atoms with Crippen LogP contribution in [0, 0.1) is 5.82 Å². The zero-order valence-electron chi connectivity index (χ0n) is 11.9. The lowest BCUT2D eigenvalue weighted by Gasteiger charge is -2.23. The minimum atomic E-state index is -0.635. The molecule has 6 heteroatoms. The third kappa shape index (κ3) is 3.65. The van der Waals surface area contributed by atoms with E-state index >= 15 is 0 Å². The van der Waals surface area contributed by atoms with Crippen LogP contribution in [0.1, 0.15) is 15.9 Å². The van der Waals surface area contributed by atoms with Gasteiger partial charge in [0.2, 0.25) is 0 Å². The van der Waals surface area contributed by atoms with E-state index in [1.807, 2.05) is 47.2 Å². The van der Waals surface area contributed by atoms with E-state index in [2.05, 4.69) is 20.9 Å². The summed E-state index contributed by atoms with van der Waals surface area (Å²) >= 11 is 4.74. The number of hydrogen-bond donors (Lipinski definition) is 0. The van der Waals surface area contributed by atoms with Gasteiger partial charge < -0.3 is 4.90 Å². The molecule has 116 valence electrons. The standard InChI is InChI=1S/C17H12BrFN2OS/c18-16-8-14(15(19)9-20-16)17(22)21(10-12-6-7-23-11-12)13-4-2-1-3-5-13/h1-9,11H,10H2. The number of pyridine rings is 1. The maximum atomic E-state index is 14.0. The monoisotopic (exact) mass is 390 g/mol. The second-order valence-corrected chi connectivity index (χ2v) is 6.44. The number of halogens is 2. The minimum Gasteiger partial charge on any atom is -0.304 e. The van der Waals surface area contributed by atoms with Crippen LogP contribution in [-0.4, -0.2) is 10.9 Å². The van der Waals surface area contributed by atoms with E-state index in [9.17, 15) is 9.18 Å². The molecule has 23 heavy (non-hydrogen) atoms. The number of nitrogens with zero attached hydrogens (tertiary/aromatic N) is 2. The second kappa shape index (κ2) is 7.02. The maximum absolute atomic E-state index is 14.0. The zero-order chi connectivity index (χ0) is 16.2. The number of hydrogen-bond acceptors (Lipinski definition) is 3. The Morgan fingerprint density at radius 3 is 2.74 bits per heavy atom. The first-order valence-electron chi connectivity index (χ1n) is 6.84. The number of anilines is 1. The van der Waals surface area contributed by atoms with Gasteiger partial charge in [-0.2, -0.15) is 11.3 Å². The molecule has 3 aromatic rings. The molecule has 0 aliphatic rings. The summed E-state index contributed by atoms with van der Waals surface area (Å²) in [6.07, 6.45) is 1.05. The summed E-state index contributed by atoms with van der Waals surface area (Å²) in [7, 11) is 0. The Morgan fingerprint density at radius 2 is 2.04 bits per heavy atom. The Hall–Kier alpha value is -2.05. The molecule has 3 nitrogen and oxygen atoms in total. The molecule has 0 saturated heterocycles. The van der Waals surface area contributed by atoms with Crippen molar-refractivity contribution in [2.45, 2.75) is 6.54 Å². The molecule has 0 aliphatic heterocycles. The molecular weight excluding hydrogens is 379 g/mol. The van der Waals surface area contributed by atoms with Gasteiger partial charge in [-0.1, -0.05) is 18.2 Å². The molecule has 3 rings (SSSR count). The number of amides is 1. The maximum Gasteiger partial charge on any atom is 0.261 e. The lowest BCUT2D eigenvalue weighted by molar-refractivity contribution is 0.0981. The van der Waals surface area contributed by atoms with Crippen molar-refractivity contribution in [1.29, 1.82) is 0 Å². The van der Waals surface area contributed by atoms with Gasteiger partial charge in [0.25, 0.3) is 5.91 Å². The third-order valence-electron chi connectivity index (χ3n) is 3.29. The number of carbonyl (C=O) groups is 1. The van der Waals surface area contributed by atoms with Gasteiger partial charge in [0.15, 0.2) is 5.82 Å². The highest BCUT2D eigenvalue weighted by Gasteiger charge is 2.22. The van der Waals surface area contributed by atoms with Gasteiger partial charge in [0.1, 0.15) is 4.60 Å². The summed E-state index contributed by atoms with van der Waals surface area (Å²) in [4.78, 5) is 18.2. The van der Waals surface area contributed by atoms with Crippen molar-refractivity contribution in [3.8, 4) is 0 Å². The van der Waals surface area contributed by atoms with Crippen molar-refractivity contribution in [3.05, 3.63) is 81.0 Å². The van der Waals surface area contributed by atoms with Crippen LogP contribution in [0.2, 0.25) is 0 Å². The fourth-order valence-corrected chi connectivity index (χ4v) is 3.17. The molecule has 1 amide bonds. The topological polar surface area (TPSA) is 33.2 Å². The van der Waals surface area contributed by atoms with E-state index in [-0.39, 0.29) is 5.56 Å². The van der Waals surface area contributed by atoms with Crippen molar-refractivity contribution in [1.82, 2.24) is 4.98 Å². The zero-order valence-corrected chi connectivity index (χ0v) is 14.3. The summed E-state index contributed by atoms with van der Waals surface area (Å²) in [6.45, 7) is 0.381. The number of para-hydroxylation sites is 1. The first-order chi connectivity index (χ1) is 11.1. The van der Waals surface area contributed by atoms with Crippen LogP contribution in [0.15, 0.2) is 64.0 Å². The van der Waals surface area contributed by atoms with Crippen LogP contribution in [-0.2, 0) is 6.54 Å². The average molecular weight is 391 g/mol. The molecule has 0 radical (unpaired) electrons. The highest BCUT2D eigenvalue weighted by Crippen LogP contribution is 2.23. The van der Waals surface area contributed by atoms with E-state index in [4.69, 9.17) is 0 Å². The summed E-state index contributed by atoms with van der Waals surface area (Å²) < 4.78 is 14.5. The molecule has 2 heterocycles. The van der Waals surface area contributed by atoms with Gasteiger partial charge in [-0.15, -0.1) is 0 Å². The van der Waals surface area contributed by atoms with Crippen LogP contribution in [0.3, 0.4) is 0 Å². The Morgan fingerprint density at radius 1 is 1.26 bits per heavy atom. The number of rotatable bonds is 4. The first kappa shape index (κ1) is 15.8. The van der Waals surface area contributed by atoms with Crippen molar-refractivity contribution in [3.63, 3.8) is 0 Å². The molecule has 0 atom stereocenters. The van der Waals surface area contributed by atoms with Crippen molar-refractivity contribution >= 4 is 38.9 Å². The van der Waals surface area contributed by atoms with Crippen molar-refractivity contribution < 1.29 is 9.18 Å². The summed E-state index contributed by atoms with van der Waals surface area (Å²) in [5.74, 6) is -1.03. The number of benzene rings is 1. The fraction of sp³-hybridized carbons (Fsp3) is 0.0588. The van der Waals surface area contributed by atoms with Gasteiger partial charge >= 0.3 is 0 Å². The quantitative estimate of drug-likeness (QED) is 0.594. The molecule has 0 unspecified atom stereocenters. The van der Waals surface area contributed by atoms with E-state index in [0.717, 1.165) is 17.4 Å². The summed E-state index contributed by atoms with van der Waals surface area (Å²) in [5.41, 5.74) is 1.71. The SMILES string of the molecule is O=C(c1cc(Br)ncc1F)N(Cc1ccsc1)c1ccccc1. The molecule has 0 aliphatic carbocycles. The van der Waals surface area contributed by atoms with Crippen LogP contribution < -0.4 is 4.90 Å². The Kier molecular flexibility index (Phi) is 4.83. The van der Waals surface area contributed by atoms with Crippen molar-refractivity contribution in [2.24, 2.45) is 0 Å². The molecule has 2 aromatic heterocycles. The fourth-order valence-electron chi connectivity index (χ4n) is 2.18. The van der Waals surface area contributed by atoms with Gasteiger partial charge in [-0.3, -0.25) is 4.79 Å². The second-order valence-electron chi connectivity index (χ2n) is 4.85. The van der Waals surface area contributed by atoms with E-state index in [1.54, 1.807) is 16.2 Å². The number of thiophene rings is 1. The van der Waals surface area contributed by atoms with Crippen LogP contribution in [0.25, 0.3) is 0 Å². The smallest absolute Gasteiger partial charge is 0.261 e. The Labute approximate surface area is 145 Å². The molecule has 0 bridgehead atoms. The third-order valence-corrected chi connectivity index (χ3v) is 4.45. The van der Waals surface area contributed by atoms with E-state index < -0.39 is 11.7 Å². The Bertz CT molecular complexity index is 809. The highest BCUT2D eigenvalue weighted by atomic mass is 79.9. The largest absolute Gasteiger partial charge is 0.304 e. The summed E-state index contributed by atoms with van der Waals surface area (Å²) in [6, 6.07) is 12.6. The highest BCUT2D eigenvalue weighted by molar-refractivity contribution is 9.10. The average Bonchev–Trinajstić information content (AvgIpc) is 3.08. The molecule has 0 spiro atoms. The lowest BCUT2D eigenvalue weighted by Crippen LogP contribution is -2.31. The number of carbonyl (C=O) groups excluding carboxylic acids is 1. The summed E-state index contributed by atoms with van der Waals surface area (Å²) in [5, 5.41) is 3.93. The van der Waals surface area contributed by atoms with Gasteiger partial charge in [0.05, 0.1) is 18.3 Å². The van der Waals surface area contributed by atoms with Crippen LogP contribution in [0.5, 0.6) is 0 Å². The minimum absolute atomic E-state index is 0.00837.